The summed E-state index contributed by atoms with van der Waals surface area (Å²) in [6.45, 7) is 4.57. The summed E-state index contributed by atoms with van der Waals surface area (Å²) in [5, 5.41) is 3.35. The first-order valence-electron chi connectivity index (χ1n) is 10.0. The van der Waals surface area contributed by atoms with E-state index in [1.807, 2.05) is 4.90 Å². The van der Waals surface area contributed by atoms with Crippen molar-refractivity contribution in [3.8, 4) is 11.5 Å². The lowest BCUT2D eigenvalue weighted by Gasteiger charge is -2.28. The van der Waals surface area contributed by atoms with Crippen LogP contribution in [0.1, 0.15) is 12.0 Å². The van der Waals surface area contributed by atoms with Crippen LogP contribution in [0.5, 0.6) is 11.5 Å². The number of methoxy groups -OCH3 is 1. The van der Waals surface area contributed by atoms with Crippen molar-refractivity contribution in [2.75, 3.05) is 59.7 Å². The molecule has 1 N–H and O–H groups in total. The van der Waals surface area contributed by atoms with E-state index in [0.29, 0.717) is 26.1 Å². The molecule has 2 fully saturated rings. The van der Waals surface area contributed by atoms with Gasteiger partial charge in [-0.3, -0.25) is 9.69 Å². The van der Waals surface area contributed by atoms with Crippen LogP contribution in [0.2, 0.25) is 0 Å². The smallest absolute Gasteiger partial charge is 0.422 e. The Morgan fingerprint density at radius 3 is 2.67 bits per heavy atom. The fourth-order valence-corrected chi connectivity index (χ4v) is 3.57. The maximum atomic E-state index is 12.4. The number of benzene rings is 1. The summed E-state index contributed by atoms with van der Waals surface area (Å²) in [7, 11) is 1.38. The summed E-state index contributed by atoms with van der Waals surface area (Å²) in [6, 6.07) is 4.84. The van der Waals surface area contributed by atoms with E-state index in [9.17, 15) is 18.0 Å². The molecule has 0 saturated carbocycles. The van der Waals surface area contributed by atoms with Crippen molar-refractivity contribution in [1.29, 1.82) is 0 Å². The van der Waals surface area contributed by atoms with Crippen molar-refractivity contribution in [2.45, 2.75) is 25.2 Å². The van der Waals surface area contributed by atoms with E-state index >= 15 is 0 Å². The maximum Gasteiger partial charge on any atom is 0.422 e. The molecule has 3 rings (SSSR count). The van der Waals surface area contributed by atoms with Crippen LogP contribution in [0.25, 0.3) is 0 Å². The van der Waals surface area contributed by atoms with Gasteiger partial charge < -0.3 is 24.4 Å². The van der Waals surface area contributed by atoms with E-state index in [1.165, 1.54) is 13.2 Å². The predicted octanol–water partition coefficient (Wildman–Crippen LogP) is 1.66. The highest BCUT2D eigenvalue weighted by Gasteiger charge is 2.30. The van der Waals surface area contributed by atoms with Gasteiger partial charge in [-0.15, -0.1) is 0 Å². The summed E-state index contributed by atoms with van der Waals surface area (Å²) in [4.78, 5) is 16.5. The zero-order chi connectivity index (χ0) is 21.6. The van der Waals surface area contributed by atoms with Crippen LogP contribution in [-0.2, 0) is 16.1 Å². The van der Waals surface area contributed by atoms with E-state index < -0.39 is 12.8 Å². The van der Waals surface area contributed by atoms with E-state index in [0.717, 1.165) is 38.4 Å². The third-order valence-electron chi connectivity index (χ3n) is 5.22. The van der Waals surface area contributed by atoms with E-state index in [4.69, 9.17) is 14.2 Å². The zero-order valence-corrected chi connectivity index (χ0v) is 17.0. The lowest BCUT2D eigenvalue weighted by atomic mass is 10.1. The topological polar surface area (TPSA) is 63.3 Å². The van der Waals surface area contributed by atoms with Gasteiger partial charge in [0.2, 0.25) is 5.91 Å². The monoisotopic (exact) mass is 431 g/mol. The minimum Gasteiger partial charge on any atom is -0.493 e. The average Bonchev–Trinajstić information content (AvgIpc) is 3.09. The number of halogens is 3. The SMILES string of the molecule is COc1cc(CN[C@@H]2CC(=O)N(CCN3CCOCC3)C2)ccc1OCC(F)(F)F. The molecular weight excluding hydrogens is 403 g/mol. The summed E-state index contributed by atoms with van der Waals surface area (Å²) in [5.74, 6) is 0.423. The van der Waals surface area contributed by atoms with Gasteiger partial charge in [0.05, 0.1) is 20.3 Å². The van der Waals surface area contributed by atoms with Crippen LogP contribution in [0.15, 0.2) is 18.2 Å². The number of nitrogens with zero attached hydrogens (tertiary/aromatic N) is 2. The number of carbonyl (C=O) groups is 1. The number of ether oxygens (including phenoxy) is 3. The van der Waals surface area contributed by atoms with Crippen molar-refractivity contribution >= 4 is 5.91 Å². The second-order valence-corrected chi connectivity index (χ2v) is 7.46. The number of morpholine rings is 1. The highest BCUT2D eigenvalue weighted by atomic mass is 19.4. The van der Waals surface area contributed by atoms with Gasteiger partial charge in [0.1, 0.15) is 0 Å². The molecule has 1 atom stereocenters. The molecule has 0 bridgehead atoms. The number of rotatable bonds is 9. The fourth-order valence-electron chi connectivity index (χ4n) is 3.57. The molecule has 1 aromatic carbocycles. The van der Waals surface area contributed by atoms with Crippen LogP contribution >= 0.6 is 0 Å². The van der Waals surface area contributed by atoms with Gasteiger partial charge in [0.25, 0.3) is 0 Å². The van der Waals surface area contributed by atoms with Crippen LogP contribution < -0.4 is 14.8 Å². The lowest BCUT2D eigenvalue weighted by Crippen LogP contribution is -2.42. The summed E-state index contributed by atoms with van der Waals surface area (Å²) in [5.41, 5.74) is 0.838. The second-order valence-electron chi connectivity index (χ2n) is 7.46. The van der Waals surface area contributed by atoms with Crippen LogP contribution in [0.3, 0.4) is 0 Å². The minimum absolute atomic E-state index is 0.0364. The van der Waals surface area contributed by atoms with Gasteiger partial charge in [-0.25, -0.2) is 0 Å². The molecule has 2 aliphatic heterocycles. The van der Waals surface area contributed by atoms with Gasteiger partial charge in [0.15, 0.2) is 18.1 Å². The molecule has 2 aliphatic rings. The number of nitrogens with one attached hydrogen (secondary N) is 1. The average molecular weight is 431 g/mol. The van der Waals surface area contributed by atoms with Crippen LogP contribution in [-0.4, -0.2) is 87.6 Å². The number of alkyl halides is 3. The maximum absolute atomic E-state index is 12.4. The third-order valence-corrected chi connectivity index (χ3v) is 5.22. The van der Waals surface area contributed by atoms with Crippen molar-refractivity contribution in [2.24, 2.45) is 0 Å². The first-order chi connectivity index (χ1) is 14.3. The largest absolute Gasteiger partial charge is 0.493 e. The van der Waals surface area contributed by atoms with E-state index in [1.54, 1.807) is 12.1 Å². The number of hydrogen-bond acceptors (Lipinski definition) is 6. The Morgan fingerprint density at radius 1 is 1.20 bits per heavy atom. The molecule has 0 radical (unpaired) electrons. The number of amides is 1. The Bertz CT molecular complexity index is 711. The molecule has 2 saturated heterocycles. The highest BCUT2D eigenvalue weighted by molar-refractivity contribution is 5.79. The predicted molar refractivity (Wildman–Crippen MR) is 104 cm³/mol. The number of carbonyl (C=O) groups excluding carboxylic acids is 1. The fraction of sp³-hybridized carbons (Fsp3) is 0.650. The second kappa shape index (κ2) is 10.3. The quantitative estimate of drug-likeness (QED) is 0.642. The molecule has 2 heterocycles. The molecule has 30 heavy (non-hydrogen) atoms. The molecule has 0 aromatic heterocycles. The Hall–Kier alpha value is -2.04. The van der Waals surface area contributed by atoms with Crippen molar-refractivity contribution in [1.82, 2.24) is 15.1 Å². The molecule has 1 aromatic rings. The molecule has 0 aliphatic carbocycles. The Kier molecular flexibility index (Phi) is 7.79. The normalized spacial score (nSPS) is 20.6. The van der Waals surface area contributed by atoms with Crippen molar-refractivity contribution in [3.05, 3.63) is 23.8 Å². The molecule has 0 unspecified atom stereocenters. The minimum atomic E-state index is -4.41. The molecule has 0 spiro atoms. The first kappa shape index (κ1) is 22.6. The standard InChI is InChI=1S/C20H28F3N3O4/c1-28-18-10-15(2-3-17(18)30-14-20(21,22)23)12-24-16-11-19(27)26(13-16)5-4-25-6-8-29-9-7-25/h2-3,10,16,24H,4-9,11-14H2,1H3/t16-/m1/s1. The number of hydrogen-bond donors (Lipinski definition) is 1. The first-order valence-corrected chi connectivity index (χ1v) is 10.0. The Labute approximate surface area is 174 Å². The van der Waals surface area contributed by atoms with Crippen molar-refractivity contribution < 1.29 is 32.2 Å². The molecule has 10 heteroatoms. The lowest BCUT2D eigenvalue weighted by molar-refractivity contribution is -0.153. The van der Waals surface area contributed by atoms with Crippen molar-refractivity contribution in [3.63, 3.8) is 0 Å². The molecule has 168 valence electrons. The Morgan fingerprint density at radius 2 is 1.97 bits per heavy atom. The van der Waals surface area contributed by atoms with Gasteiger partial charge in [-0.1, -0.05) is 6.07 Å². The molecule has 1 amide bonds. The highest BCUT2D eigenvalue weighted by Crippen LogP contribution is 2.30. The van der Waals surface area contributed by atoms with Gasteiger partial charge in [-0.05, 0) is 17.7 Å². The third kappa shape index (κ3) is 6.75. The van der Waals surface area contributed by atoms with E-state index in [2.05, 4.69) is 10.2 Å². The van der Waals surface area contributed by atoms with Gasteiger partial charge in [-0.2, -0.15) is 13.2 Å². The molecule has 7 nitrogen and oxygen atoms in total. The van der Waals surface area contributed by atoms with Gasteiger partial charge in [0, 0.05) is 51.7 Å². The zero-order valence-electron chi connectivity index (χ0n) is 17.0. The van der Waals surface area contributed by atoms with Crippen LogP contribution in [0.4, 0.5) is 13.2 Å². The summed E-state index contributed by atoms with van der Waals surface area (Å²) >= 11 is 0. The number of likely N-dealkylation sites (tertiary alicyclic amines) is 1. The van der Waals surface area contributed by atoms with Gasteiger partial charge >= 0.3 is 6.18 Å². The molecular formula is C20H28F3N3O4. The van der Waals surface area contributed by atoms with E-state index in [-0.39, 0.29) is 23.4 Å². The summed E-state index contributed by atoms with van der Waals surface area (Å²) < 4.78 is 52.4. The van der Waals surface area contributed by atoms with Crippen LogP contribution in [0, 0.1) is 0 Å². The summed E-state index contributed by atoms with van der Waals surface area (Å²) in [6.07, 6.45) is -3.97. The Balaban J connectivity index is 1.46.